The Morgan fingerprint density at radius 2 is 2.33 bits per heavy atom. The minimum atomic E-state index is -0.573. The number of fused-ring (bicyclic) bond motifs is 1. The van der Waals surface area contributed by atoms with Crippen molar-refractivity contribution in [1.82, 2.24) is 9.88 Å². The van der Waals surface area contributed by atoms with Crippen LogP contribution >= 0.6 is 0 Å². The van der Waals surface area contributed by atoms with E-state index in [4.69, 9.17) is 0 Å². The van der Waals surface area contributed by atoms with E-state index in [9.17, 15) is 5.11 Å². The van der Waals surface area contributed by atoms with Crippen LogP contribution in [0.25, 0.3) is 0 Å². The van der Waals surface area contributed by atoms with Crippen LogP contribution in [0.3, 0.4) is 0 Å². The fourth-order valence-electron chi connectivity index (χ4n) is 3.70. The molecule has 1 aliphatic heterocycles. The molecule has 0 saturated carbocycles. The van der Waals surface area contributed by atoms with Gasteiger partial charge in [-0.25, -0.2) is 0 Å². The van der Waals surface area contributed by atoms with Gasteiger partial charge in [0, 0.05) is 24.4 Å². The van der Waals surface area contributed by atoms with E-state index in [-0.39, 0.29) is 5.92 Å². The number of hydrogen-bond acceptors (Lipinski definition) is 3. The molecule has 2 aliphatic rings. The summed E-state index contributed by atoms with van der Waals surface area (Å²) >= 11 is 0. The van der Waals surface area contributed by atoms with Gasteiger partial charge in [0.2, 0.25) is 0 Å². The molecular weight excluding hydrogens is 224 g/mol. The van der Waals surface area contributed by atoms with Crippen LogP contribution in [0.15, 0.2) is 18.3 Å². The van der Waals surface area contributed by atoms with Gasteiger partial charge < -0.3 is 10.0 Å². The smallest absolute Gasteiger partial charge is 0.0857 e. The monoisotopic (exact) mass is 246 g/mol. The maximum Gasteiger partial charge on any atom is 0.0857 e. The van der Waals surface area contributed by atoms with Crippen molar-refractivity contribution in [2.75, 3.05) is 20.1 Å². The summed E-state index contributed by atoms with van der Waals surface area (Å²) in [4.78, 5) is 6.82. The molecule has 98 valence electrons. The largest absolute Gasteiger partial charge is 0.388 e. The maximum atomic E-state index is 11.0. The number of aromatic nitrogens is 1. The van der Waals surface area contributed by atoms with E-state index in [0.717, 1.165) is 44.5 Å². The van der Waals surface area contributed by atoms with Crippen molar-refractivity contribution in [1.29, 1.82) is 0 Å². The lowest BCUT2D eigenvalue weighted by atomic mass is 9.72. The molecule has 1 aromatic heterocycles. The van der Waals surface area contributed by atoms with E-state index < -0.39 is 5.60 Å². The third-order valence-electron chi connectivity index (χ3n) is 4.54. The Morgan fingerprint density at radius 1 is 1.44 bits per heavy atom. The normalized spacial score (nSPS) is 33.1. The third-order valence-corrected chi connectivity index (χ3v) is 4.54. The first-order chi connectivity index (χ1) is 8.69. The number of pyridine rings is 1. The lowest BCUT2D eigenvalue weighted by Crippen LogP contribution is -2.51. The summed E-state index contributed by atoms with van der Waals surface area (Å²) in [5, 5.41) is 11.0. The van der Waals surface area contributed by atoms with Crippen LogP contribution in [0.1, 0.15) is 42.9 Å². The molecule has 18 heavy (non-hydrogen) atoms. The summed E-state index contributed by atoms with van der Waals surface area (Å²) in [6.07, 6.45) is 7.24. The molecule has 0 aromatic carbocycles. The molecular formula is C15H22N2O. The Morgan fingerprint density at radius 3 is 3.17 bits per heavy atom. The Kier molecular flexibility index (Phi) is 3.12. The second-order valence-electron chi connectivity index (χ2n) is 5.94. The third kappa shape index (κ3) is 2.06. The quantitative estimate of drug-likeness (QED) is 0.823. The molecule has 3 nitrogen and oxygen atoms in total. The van der Waals surface area contributed by atoms with E-state index in [1.54, 1.807) is 0 Å². The number of aliphatic hydroxyl groups is 1. The number of likely N-dealkylation sites (tertiary alicyclic amines) is 1. The number of hydrogen-bond donors (Lipinski definition) is 1. The highest BCUT2D eigenvalue weighted by Crippen LogP contribution is 2.41. The van der Waals surface area contributed by atoms with Gasteiger partial charge in [0.1, 0.15) is 0 Å². The predicted molar refractivity (Wildman–Crippen MR) is 71.6 cm³/mol. The number of piperidine rings is 1. The van der Waals surface area contributed by atoms with Crippen LogP contribution < -0.4 is 0 Å². The Labute approximate surface area is 109 Å². The Hall–Kier alpha value is -0.930. The summed E-state index contributed by atoms with van der Waals surface area (Å²) in [6.45, 7) is 1.89. The van der Waals surface area contributed by atoms with Crippen LogP contribution in [-0.2, 0) is 6.42 Å². The average molecular weight is 246 g/mol. The van der Waals surface area contributed by atoms with Crippen molar-refractivity contribution in [3.8, 4) is 0 Å². The van der Waals surface area contributed by atoms with Gasteiger partial charge in [0.15, 0.2) is 0 Å². The molecule has 0 radical (unpaired) electrons. The highest BCUT2D eigenvalue weighted by Gasteiger charge is 2.42. The molecule has 1 fully saturated rings. The number of aryl methyl sites for hydroxylation is 1. The van der Waals surface area contributed by atoms with Crippen molar-refractivity contribution in [3.63, 3.8) is 0 Å². The first-order valence-electron chi connectivity index (χ1n) is 7.04. The van der Waals surface area contributed by atoms with E-state index in [2.05, 4.69) is 23.0 Å². The zero-order valence-corrected chi connectivity index (χ0v) is 11.1. The molecule has 3 heteroatoms. The first kappa shape index (κ1) is 12.1. The minimum Gasteiger partial charge on any atom is -0.388 e. The second kappa shape index (κ2) is 4.63. The number of β-amino-alcohol motifs (C(OH)–C–C–N with tert-alkyl or cyclic N) is 1. The lowest BCUT2D eigenvalue weighted by molar-refractivity contribution is -0.0497. The summed E-state index contributed by atoms with van der Waals surface area (Å²) in [6, 6.07) is 4.18. The highest BCUT2D eigenvalue weighted by molar-refractivity contribution is 5.29. The van der Waals surface area contributed by atoms with Crippen LogP contribution in [0, 0.1) is 0 Å². The topological polar surface area (TPSA) is 36.4 Å². The van der Waals surface area contributed by atoms with Gasteiger partial charge in [0.25, 0.3) is 0 Å². The van der Waals surface area contributed by atoms with Gasteiger partial charge >= 0.3 is 0 Å². The molecule has 1 aromatic rings. The molecule has 2 atom stereocenters. The second-order valence-corrected chi connectivity index (χ2v) is 5.94. The van der Waals surface area contributed by atoms with E-state index in [0.29, 0.717) is 0 Å². The summed E-state index contributed by atoms with van der Waals surface area (Å²) in [5.41, 5.74) is 1.92. The molecule has 1 aliphatic carbocycles. The zero-order valence-electron chi connectivity index (χ0n) is 11.1. The van der Waals surface area contributed by atoms with Crippen LogP contribution in [0.2, 0.25) is 0 Å². The van der Waals surface area contributed by atoms with Gasteiger partial charge in [0.05, 0.1) is 5.60 Å². The fourth-order valence-corrected chi connectivity index (χ4v) is 3.70. The highest BCUT2D eigenvalue weighted by atomic mass is 16.3. The van der Waals surface area contributed by atoms with Crippen LogP contribution in [-0.4, -0.2) is 40.7 Å². The van der Waals surface area contributed by atoms with Crippen molar-refractivity contribution in [2.45, 2.75) is 43.6 Å². The molecule has 1 N–H and O–H groups in total. The summed E-state index contributed by atoms with van der Waals surface area (Å²) in [5.74, 6) is 0.227. The van der Waals surface area contributed by atoms with Gasteiger partial charge in [-0.2, -0.15) is 0 Å². The summed E-state index contributed by atoms with van der Waals surface area (Å²) < 4.78 is 0. The maximum absolute atomic E-state index is 11.0. The Bertz CT molecular complexity index is 434. The van der Waals surface area contributed by atoms with Gasteiger partial charge in [-0.3, -0.25) is 4.98 Å². The molecule has 3 rings (SSSR count). The molecule has 1 saturated heterocycles. The first-order valence-corrected chi connectivity index (χ1v) is 7.04. The minimum absolute atomic E-state index is 0.227. The number of likely N-dealkylation sites (N-methyl/N-ethyl adjacent to an activating group) is 1. The SMILES string of the molecule is CN1CCCC(O)(C2CCCc3cccnc32)C1. The van der Waals surface area contributed by atoms with Crippen molar-refractivity contribution in [2.24, 2.45) is 0 Å². The van der Waals surface area contributed by atoms with Crippen molar-refractivity contribution >= 4 is 0 Å². The predicted octanol–water partition coefficient (Wildman–Crippen LogP) is 1.96. The number of rotatable bonds is 1. The van der Waals surface area contributed by atoms with E-state index in [1.165, 1.54) is 12.0 Å². The molecule has 0 amide bonds. The van der Waals surface area contributed by atoms with Gasteiger partial charge in [-0.15, -0.1) is 0 Å². The molecule has 2 unspecified atom stereocenters. The lowest BCUT2D eigenvalue weighted by Gasteiger charge is -2.44. The van der Waals surface area contributed by atoms with Crippen LogP contribution in [0.5, 0.6) is 0 Å². The Balaban J connectivity index is 1.93. The van der Waals surface area contributed by atoms with E-state index in [1.807, 2.05) is 12.3 Å². The van der Waals surface area contributed by atoms with Gasteiger partial charge in [-0.1, -0.05) is 6.07 Å². The van der Waals surface area contributed by atoms with Crippen molar-refractivity contribution in [3.05, 3.63) is 29.6 Å². The average Bonchev–Trinajstić information content (AvgIpc) is 2.38. The van der Waals surface area contributed by atoms with E-state index >= 15 is 0 Å². The molecule has 2 heterocycles. The number of nitrogens with zero attached hydrogens (tertiary/aromatic N) is 2. The van der Waals surface area contributed by atoms with Crippen LogP contribution in [0.4, 0.5) is 0 Å². The fraction of sp³-hybridized carbons (Fsp3) is 0.667. The standard InChI is InChI=1S/C15H22N2O/c1-17-10-4-8-15(18,11-17)13-7-2-5-12-6-3-9-16-14(12)13/h3,6,9,13,18H,2,4-5,7-8,10-11H2,1H3. The molecule has 0 bridgehead atoms. The van der Waals surface area contributed by atoms with Gasteiger partial charge in [-0.05, 0) is 57.3 Å². The summed E-state index contributed by atoms with van der Waals surface area (Å²) in [7, 11) is 2.10. The molecule has 0 spiro atoms. The zero-order chi connectivity index (χ0) is 12.6. The van der Waals surface area contributed by atoms with Crippen molar-refractivity contribution < 1.29 is 5.11 Å².